The quantitative estimate of drug-likeness (QED) is 0.655. The zero-order valence-electron chi connectivity index (χ0n) is 14.4. The molecule has 0 aliphatic carbocycles. The number of aryl methyl sites for hydroxylation is 1. The van der Waals surface area contributed by atoms with E-state index < -0.39 is 5.82 Å². The predicted octanol–water partition coefficient (Wildman–Crippen LogP) is 4.17. The molecular formula is C17H28BFNO. The zero-order valence-corrected chi connectivity index (χ0v) is 14.4. The molecule has 0 saturated heterocycles. The molecule has 4 heteroatoms. The van der Waals surface area contributed by atoms with Gasteiger partial charge < -0.3 is 5.02 Å². The maximum atomic E-state index is 13.8. The number of benzene rings is 1. The molecule has 1 aromatic carbocycles. The summed E-state index contributed by atoms with van der Waals surface area (Å²) in [6, 6.07) is 3.00. The van der Waals surface area contributed by atoms with Gasteiger partial charge in [0.2, 0.25) is 0 Å². The molecule has 0 fully saturated rings. The third-order valence-electron chi connectivity index (χ3n) is 3.04. The number of hydrogen-bond donors (Lipinski definition) is 1. The Morgan fingerprint density at radius 3 is 2.19 bits per heavy atom. The van der Waals surface area contributed by atoms with Crippen LogP contribution in [0, 0.1) is 24.6 Å². The van der Waals surface area contributed by atoms with Crippen LogP contribution in [0.2, 0.25) is 0 Å². The van der Waals surface area contributed by atoms with Crippen LogP contribution in [0.25, 0.3) is 0 Å². The highest BCUT2D eigenvalue weighted by atomic mass is 19.1. The maximum Gasteiger partial charge on any atom is 0.326 e. The van der Waals surface area contributed by atoms with Crippen LogP contribution < -0.4 is 5.46 Å². The van der Waals surface area contributed by atoms with Gasteiger partial charge in [-0.3, -0.25) is 4.99 Å². The average molecular weight is 292 g/mol. The van der Waals surface area contributed by atoms with Crippen molar-refractivity contribution >= 4 is 24.3 Å². The summed E-state index contributed by atoms with van der Waals surface area (Å²) in [4.78, 5) is 4.35. The summed E-state index contributed by atoms with van der Waals surface area (Å²) in [6.45, 7) is 14.4. The summed E-state index contributed by atoms with van der Waals surface area (Å²) in [7, 11) is 0.894. The van der Waals surface area contributed by atoms with E-state index in [9.17, 15) is 4.39 Å². The first-order chi connectivity index (χ1) is 9.72. The molecule has 1 radical (unpaired) electrons. The normalized spacial score (nSPS) is 12.8. The second-order valence-electron chi connectivity index (χ2n) is 6.09. The van der Waals surface area contributed by atoms with E-state index in [-0.39, 0.29) is 0 Å². The van der Waals surface area contributed by atoms with Crippen LogP contribution in [0.3, 0.4) is 0 Å². The molecule has 1 unspecified atom stereocenters. The molecule has 117 valence electrons. The van der Waals surface area contributed by atoms with Gasteiger partial charge in [0.15, 0.2) is 0 Å². The molecule has 0 aliphatic heterocycles. The van der Waals surface area contributed by atoms with Crippen LogP contribution in [0.15, 0.2) is 17.1 Å². The third-order valence-corrected chi connectivity index (χ3v) is 3.04. The lowest BCUT2D eigenvalue weighted by Crippen LogP contribution is -2.14. The fraction of sp³-hybridized carbons (Fsp3) is 0.588. The van der Waals surface area contributed by atoms with Gasteiger partial charge in [0.1, 0.15) is 11.5 Å². The Labute approximate surface area is 129 Å². The van der Waals surface area contributed by atoms with Gasteiger partial charge >= 0.3 is 7.48 Å². The fourth-order valence-corrected chi connectivity index (χ4v) is 1.56. The van der Waals surface area contributed by atoms with E-state index in [2.05, 4.69) is 39.6 Å². The van der Waals surface area contributed by atoms with Crippen LogP contribution in [-0.2, 0) is 0 Å². The zero-order chi connectivity index (χ0) is 16.6. The lowest BCUT2D eigenvalue weighted by Gasteiger charge is -2.10. The highest BCUT2D eigenvalue weighted by molar-refractivity contribution is 6.45. The topological polar surface area (TPSA) is 32.6 Å². The first kappa shape index (κ1) is 19.8. The molecule has 1 rings (SSSR count). The molecule has 0 aliphatic rings. The Balaban J connectivity index is 0.000000885. The monoisotopic (exact) mass is 292 g/mol. The SMILES string of the molecule is CC(C)C.CCC(C)C(C)=Nc1c(C)cc([B]O)cc1F. The summed E-state index contributed by atoms with van der Waals surface area (Å²) >= 11 is 0. The number of halogens is 1. The molecule has 0 heterocycles. The van der Waals surface area contributed by atoms with Gasteiger partial charge in [-0.15, -0.1) is 0 Å². The van der Waals surface area contributed by atoms with Crippen molar-refractivity contribution in [1.29, 1.82) is 0 Å². The van der Waals surface area contributed by atoms with Crippen LogP contribution >= 0.6 is 0 Å². The first-order valence-electron chi connectivity index (χ1n) is 7.55. The predicted molar refractivity (Wildman–Crippen MR) is 91.5 cm³/mol. The minimum absolute atomic E-state index is 0.345. The lowest BCUT2D eigenvalue weighted by atomic mass is 9.87. The Hall–Kier alpha value is -1.16. The molecule has 0 amide bonds. The van der Waals surface area contributed by atoms with Crippen molar-refractivity contribution in [3.63, 3.8) is 0 Å². The Morgan fingerprint density at radius 2 is 1.81 bits per heavy atom. The summed E-state index contributed by atoms with van der Waals surface area (Å²) in [5, 5.41) is 8.86. The molecule has 1 aromatic rings. The minimum atomic E-state index is -0.395. The van der Waals surface area contributed by atoms with Crippen molar-refractivity contribution in [1.82, 2.24) is 0 Å². The smallest absolute Gasteiger partial charge is 0.326 e. The van der Waals surface area contributed by atoms with Gasteiger partial charge in [-0.05, 0) is 43.7 Å². The van der Waals surface area contributed by atoms with E-state index in [0.29, 0.717) is 17.1 Å². The number of aliphatic imine (C=N–C) groups is 1. The van der Waals surface area contributed by atoms with Crippen LogP contribution in [-0.4, -0.2) is 18.2 Å². The van der Waals surface area contributed by atoms with Gasteiger partial charge in [0, 0.05) is 5.71 Å². The van der Waals surface area contributed by atoms with Crippen LogP contribution in [0.1, 0.15) is 53.5 Å². The van der Waals surface area contributed by atoms with Gasteiger partial charge in [-0.1, -0.05) is 46.1 Å². The molecule has 21 heavy (non-hydrogen) atoms. The molecule has 2 nitrogen and oxygen atoms in total. The minimum Gasteiger partial charge on any atom is -0.450 e. The second kappa shape index (κ2) is 9.72. The fourth-order valence-electron chi connectivity index (χ4n) is 1.56. The number of rotatable bonds is 4. The van der Waals surface area contributed by atoms with Crippen molar-refractivity contribution in [3.05, 3.63) is 23.5 Å². The molecule has 0 saturated carbocycles. The second-order valence-corrected chi connectivity index (χ2v) is 6.09. The van der Waals surface area contributed by atoms with Gasteiger partial charge in [-0.25, -0.2) is 4.39 Å². The van der Waals surface area contributed by atoms with Crippen LogP contribution in [0.4, 0.5) is 10.1 Å². The van der Waals surface area contributed by atoms with Crippen LogP contribution in [0.5, 0.6) is 0 Å². The summed E-state index contributed by atoms with van der Waals surface area (Å²) in [5.74, 6) is 0.783. The molecule has 1 atom stereocenters. The van der Waals surface area contributed by atoms with Crippen molar-refractivity contribution in [2.45, 2.75) is 54.9 Å². The van der Waals surface area contributed by atoms with Gasteiger partial charge in [0.05, 0.1) is 0 Å². The molecule has 0 aromatic heterocycles. The van der Waals surface area contributed by atoms with Gasteiger partial charge in [0.25, 0.3) is 0 Å². The Kier molecular flexibility index (Phi) is 9.19. The molecule has 1 N–H and O–H groups in total. The molecule has 0 spiro atoms. The standard InChI is InChI=1S/C13H18BFNO.C4H10/c1-5-8(2)10(4)16-13-9(3)6-11(14-17)7-12(13)15;1-4(2)3/h6-8,17H,5H2,1-4H3;4H,1-3H3. The summed E-state index contributed by atoms with van der Waals surface area (Å²) in [5.41, 5.74) is 2.48. The molecule has 0 bridgehead atoms. The number of nitrogens with zero attached hydrogens (tertiary/aromatic N) is 1. The summed E-state index contributed by atoms with van der Waals surface area (Å²) in [6.07, 6.45) is 0.985. The summed E-state index contributed by atoms with van der Waals surface area (Å²) < 4.78 is 13.8. The highest BCUT2D eigenvalue weighted by Crippen LogP contribution is 2.23. The number of hydrogen-bond acceptors (Lipinski definition) is 2. The van der Waals surface area contributed by atoms with E-state index in [4.69, 9.17) is 5.02 Å². The van der Waals surface area contributed by atoms with Gasteiger partial charge in [-0.2, -0.15) is 0 Å². The van der Waals surface area contributed by atoms with E-state index in [1.54, 1.807) is 13.0 Å². The van der Waals surface area contributed by atoms with Crippen molar-refractivity contribution in [3.8, 4) is 0 Å². The largest absolute Gasteiger partial charge is 0.450 e. The third kappa shape index (κ3) is 7.42. The maximum absolute atomic E-state index is 13.8. The van der Waals surface area contributed by atoms with Crippen molar-refractivity contribution in [2.24, 2.45) is 16.8 Å². The van der Waals surface area contributed by atoms with E-state index in [1.165, 1.54) is 6.07 Å². The molecular weight excluding hydrogens is 264 g/mol. The van der Waals surface area contributed by atoms with E-state index >= 15 is 0 Å². The van der Waals surface area contributed by atoms with Crippen molar-refractivity contribution in [2.75, 3.05) is 0 Å². The van der Waals surface area contributed by atoms with Crippen molar-refractivity contribution < 1.29 is 9.41 Å². The Bertz CT molecular complexity index is 446. The lowest BCUT2D eigenvalue weighted by molar-refractivity contribution is 0.611. The Morgan fingerprint density at radius 1 is 1.29 bits per heavy atom. The van der Waals surface area contributed by atoms with E-state index in [1.807, 2.05) is 6.92 Å². The first-order valence-corrected chi connectivity index (χ1v) is 7.55. The average Bonchev–Trinajstić information content (AvgIpc) is 2.40. The highest BCUT2D eigenvalue weighted by Gasteiger charge is 2.10. The van der Waals surface area contributed by atoms with E-state index in [0.717, 1.165) is 31.1 Å².